The highest BCUT2D eigenvalue weighted by Gasteiger charge is 2.31. The van der Waals surface area contributed by atoms with Crippen LogP contribution in [0.4, 0.5) is 0 Å². The van der Waals surface area contributed by atoms with Crippen LogP contribution in [0.5, 0.6) is 0 Å². The lowest BCUT2D eigenvalue weighted by Gasteiger charge is -2.37. The van der Waals surface area contributed by atoms with Gasteiger partial charge in [0.25, 0.3) is 0 Å². The lowest BCUT2D eigenvalue weighted by atomic mass is 10.00. The van der Waals surface area contributed by atoms with E-state index in [-0.39, 0.29) is 0 Å². The van der Waals surface area contributed by atoms with Crippen LogP contribution in [0.2, 0.25) is 0 Å². The summed E-state index contributed by atoms with van der Waals surface area (Å²) in [4.78, 5) is 2.51. The molecule has 0 bridgehead atoms. The Morgan fingerprint density at radius 2 is 2.14 bits per heavy atom. The van der Waals surface area contributed by atoms with E-state index in [4.69, 9.17) is 9.47 Å². The molecule has 3 nitrogen and oxygen atoms in total. The van der Waals surface area contributed by atoms with Gasteiger partial charge in [0.2, 0.25) is 0 Å². The quantitative estimate of drug-likeness (QED) is 0.665. The van der Waals surface area contributed by atoms with Crippen LogP contribution in [0.25, 0.3) is 0 Å². The van der Waals surface area contributed by atoms with Gasteiger partial charge in [-0.05, 0) is 20.3 Å². The van der Waals surface area contributed by atoms with Crippen molar-refractivity contribution in [1.29, 1.82) is 0 Å². The molecule has 0 spiro atoms. The Morgan fingerprint density at radius 3 is 2.79 bits per heavy atom. The summed E-state index contributed by atoms with van der Waals surface area (Å²) in [6, 6.07) is 0.642. The molecule has 2 aliphatic rings. The average molecular weight is 199 g/mol. The fraction of sp³-hybridized carbons (Fsp3) is 1.00. The Kier molecular flexibility index (Phi) is 3.42. The van der Waals surface area contributed by atoms with Crippen LogP contribution < -0.4 is 0 Å². The Labute approximate surface area is 86.4 Å². The van der Waals surface area contributed by atoms with Gasteiger partial charge in [-0.1, -0.05) is 0 Å². The Hall–Kier alpha value is -0.120. The van der Waals surface area contributed by atoms with Gasteiger partial charge in [-0.25, -0.2) is 0 Å². The monoisotopic (exact) mass is 199 g/mol. The summed E-state index contributed by atoms with van der Waals surface area (Å²) in [5, 5.41) is 0. The minimum atomic E-state index is 0.411. The molecule has 2 atom stereocenters. The summed E-state index contributed by atoms with van der Waals surface area (Å²) in [7, 11) is 0. The molecule has 0 aromatic carbocycles. The molecule has 0 saturated carbocycles. The van der Waals surface area contributed by atoms with Crippen molar-refractivity contribution in [3.8, 4) is 0 Å². The molecule has 2 heterocycles. The van der Waals surface area contributed by atoms with Crippen molar-refractivity contribution in [1.82, 2.24) is 4.90 Å². The number of rotatable bonds is 2. The van der Waals surface area contributed by atoms with Crippen molar-refractivity contribution in [2.24, 2.45) is 5.92 Å². The standard InChI is InChI=1S/C11H21NO2/c1-9(2)12-4-6-14-11(7-12)10-3-5-13-8-10/h9-11H,3-8H2,1-2H3/t10-,11+/m0/s1. The minimum Gasteiger partial charge on any atom is -0.381 e. The van der Waals surface area contributed by atoms with Gasteiger partial charge >= 0.3 is 0 Å². The van der Waals surface area contributed by atoms with E-state index in [0.29, 0.717) is 18.1 Å². The number of hydrogen-bond donors (Lipinski definition) is 0. The Balaban J connectivity index is 1.86. The fourth-order valence-corrected chi connectivity index (χ4v) is 2.30. The zero-order chi connectivity index (χ0) is 9.97. The van der Waals surface area contributed by atoms with E-state index >= 15 is 0 Å². The van der Waals surface area contributed by atoms with E-state index in [1.54, 1.807) is 0 Å². The van der Waals surface area contributed by atoms with Gasteiger partial charge in [-0.15, -0.1) is 0 Å². The van der Waals surface area contributed by atoms with Crippen LogP contribution in [-0.2, 0) is 9.47 Å². The zero-order valence-electron chi connectivity index (χ0n) is 9.24. The molecule has 14 heavy (non-hydrogen) atoms. The largest absolute Gasteiger partial charge is 0.381 e. The maximum absolute atomic E-state index is 5.82. The van der Waals surface area contributed by atoms with Crippen LogP contribution in [0.1, 0.15) is 20.3 Å². The van der Waals surface area contributed by atoms with Crippen LogP contribution in [0, 0.1) is 5.92 Å². The third-order valence-electron chi connectivity index (χ3n) is 3.35. The van der Waals surface area contributed by atoms with Gasteiger partial charge in [0.05, 0.1) is 19.3 Å². The second-order valence-corrected chi connectivity index (χ2v) is 4.62. The molecule has 2 rings (SSSR count). The SMILES string of the molecule is CC(C)N1CCO[C@@H]([C@H]2CCOC2)C1. The van der Waals surface area contributed by atoms with Crippen molar-refractivity contribution in [3.05, 3.63) is 0 Å². The summed E-state index contributed by atoms with van der Waals surface area (Å²) in [6.07, 6.45) is 1.59. The summed E-state index contributed by atoms with van der Waals surface area (Å²) in [5.74, 6) is 0.636. The lowest BCUT2D eigenvalue weighted by molar-refractivity contribution is -0.0665. The molecule has 2 aliphatic heterocycles. The van der Waals surface area contributed by atoms with E-state index in [2.05, 4.69) is 18.7 Å². The number of morpholine rings is 1. The van der Waals surface area contributed by atoms with Crippen LogP contribution in [0.3, 0.4) is 0 Å². The van der Waals surface area contributed by atoms with Crippen molar-refractivity contribution < 1.29 is 9.47 Å². The topological polar surface area (TPSA) is 21.7 Å². The highest BCUT2D eigenvalue weighted by atomic mass is 16.5. The maximum Gasteiger partial charge on any atom is 0.0753 e. The predicted octanol–water partition coefficient (Wildman–Crippen LogP) is 1.13. The number of ether oxygens (including phenoxy) is 2. The summed E-state index contributed by atoms with van der Waals surface area (Å²) < 4.78 is 11.2. The molecular weight excluding hydrogens is 178 g/mol. The zero-order valence-corrected chi connectivity index (χ0v) is 9.24. The fourth-order valence-electron chi connectivity index (χ4n) is 2.30. The molecule has 82 valence electrons. The molecule has 0 unspecified atom stereocenters. The average Bonchev–Trinajstić information content (AvgIpc) is 2.71. The molecule has 2 fully saturated rings. The number of hydrogen-bond acceptors (Lipinski definition) is 3. The van der Waals surface area contributed by atoms with Gasteiger partial charge in [-0.3, -0.25) is 4.90 Å². The molecule has 0 radical (unpaired) electrons. The third kappa shape index (κ3) is 2.27. The Bertz CT molecular complexity index is 178. The first kappa shape index (κ1) is 10.4. The first-order chi connectivity index (χ1) is 6.77. The molecule has 0 aromatic rings. The van der Waals surface area contributed by atoms with E-state index in [0.717, 1.165) is 32.9 Å². The smallest absolute Gasteiger partial charge is 0.0753 e. The van der Waals surface area contributed by atoms with Gasteiger partial charge in [-0.2, -0.15) is 0 Å². The van der Waals surface area contributed by atoms with Crippen LogP contribution in [-0.4, -0.2) is 50.0 Å². The van der Waals surface area contributed by atoms with Gasteiger partial charge in [0, 0.05) is 31.7 Å². The van der Waals surface area contributed by atoms with Gasteiger partial charge in [0.15, 0.2) is 0 Å². The van der Waals surface area contributed by atoms with Gasteiger partial charge < -0.3 is 9.47 Å². The van der Waals surface area contributed by atoms with E-state index in [1.165, 1.54) is 6.42 Å². The van der Waals surface area contributed by atoms with Crippen molar-refractivity contribution in [2.45, 2.75) is 32.4 Å². The van der Waals surface area contributed by atoms with Crippen molar-refractivity contribution >= 4 is 0 Å². The first-order valence-electron chi connectivity index (χ1n) is 5.71. The normalized spacial score (nSPS) is 35.4. The molecule has 0 aromatic heterocycles. The molecule has 3 heteroatoms. The maximum atomic E-state index is 5.82. The Morgan fingerprint density at radius 1 is 1.29 bits per heavy atom. The summed E-state index contributed by atoms with van der Waals surface area (Å²) >= 11 is 0. The molecule has 2 saturated heterocycles. The molecule has 0 amide bonds. The molecular formula is C11H21NO2. The third-order valence-corrected chi connectivity index (χ3v) is 3.35. The van der Waals surface area contributed by atoms with Gasteiger partial charge in [0.1, 0.15) is 0 Å². The van der Waals surface area contributed by atoms with Crippen LogP contribution in [0.15, 0.2) is 0 Å². The van der Waals surface area contributed by atoms with Crippen molar-refractivity contribution in [2.75, 3.05) is 32.9 Å². The minimum absolute atomic E-state index is 0.411. The van der Waals surface area contributed by atoms with E-state index < -0.39 is 0 Å². The summed E-state index contributed by atoms with van der Waals surface area (Å²) in [5.41, 5.74) is 0. The van der Waals surface area contributed by atoms with E-state index in [1.807, 2.05) is 0 Å². The number of nitrogens with zero attached hydrogens (tertiary/aromatic N) is 1. The molecule has 0 aliphatic carbocycles. The predicted molar refractivity (Wildman–Crippen MR) is 55.4 cm³/mol. The summed E-state index contributed by atoms with van der Waals surface area (Å²) in [6.45, 7) is 9.40. The second-order valence-electron chi connectivity index (χ2n) is 4.62. The van der Waals surface area contributed by atoms with E-state index in [9.17, 15) is 0 Å². The molecule has 0 N–H and O–H groups in total. The highest BCUT2D eigenvalue weighted by Crippen LogP contribution is 2.22. The first-order valence-corrected chi connectivity index (χ1v) is 5.71. The highest BCUT2D eigenvalue weighted by molar-refractivity contribution is 4.81. The second kappa shape index (κ2) is 4.60. The van der Waals surface area contributed by atoms with Crippen LogP contribution >= 0.6 is 0 Å². The lowest BCUT2D eigenvalue weighted by Crippen LogP contribution is -2.48. The van der Waals surface area contributed by atoms with Crippen molar-refractivity contribution in [3.63, 3.8) is 0 Å².